The van der Waals surface area contributed by atoms with E-state index < -0.39 is 8.07 Å². The van der Waals surface area contributed by atoms with Gasteiger partial charge in [-0.2, -0.15) is 0 Å². The maximum Gasteiger partial charge on any atom is 0.0513 e. The molecular weight excluding hydrogens is 208 g/mol. The third-order valence-corrected chi connectivity index (χ3v) is 6.26. The van der Waals surface area contributed by atoms with Crippen LogP contribution in [0.2, 0.25) is 25.2 Å². The maximum atomic E-state index is 4.00. The molecule has 0 aromatic heterocycles. The summed E-state index contributed by atoms with van der Waals surface area (Å²) in [5.41, 5.74) is 0.822. The van der Waals surface area contributed by atoms with Crippen molar-refractivity contribution in [1.29, 1.82) is 0 Å². The van der Waals surface area contributed by atoms with E-state index in [-0.39, 0.29) is 0 Å². The summed E-state index contributed by atoms with van der Waals surface area (Å²) in [6.07, 6.45) is 13.5. The molecular formula is C15H32Si. The van der Waals surface area contributed by atoms with Gasteiger partial charge in [-0.25, -0.2) is 0 Å². The Morgan fingerprint density at radius 3 is 1.88 bits per heavy atom. The van der Waals surface area contributed by atoms with Gasteiger partial charge in [-0.1, -0.05) is 77.6 Å². The molecule has 0 spiro atoms. The van der Waals surface area contributed by atoms with E-state index in [0.717, 1.165) is 5.54 Å². The molecule has 1 heteroatoms. The van der Waals surface area contributed by atoms with Gasteiger partial charge in [-0.15, -0.1) is 6.58 Å². The van der Waals surface area contributed by atoms with E-state index in [4.69, 9.17) is 0 Å². The van der Waals surface area contributed by atoms with E-state index in [9.17, 15) is 0 Å². The van der Waals surface area contributed by atoms with E-state index in [0.29, 0.717) is 0 Å². The van der Waals surface area contributed by atoms with Crippen LogP contribution in [0, 0.1) is 0 Å². The van der Waals surface area contributed by atoms with Gasteiger partial charge in [0.1, 0.15) is 0 Å². The first-order valence-electron chi connectivity index (χ1n) is 7.15. The van der Waals surface area contributed by atoms with Gasteiger partial charge in [0.25, 0.3) is 0 Å². The quantitative estimate of drug-likeness (QED) is 0.249. The van der Waals surface area contributed by atoms with Crippen LogP contribution in [0.5, 0.6) is 0 Å². The molecule has 0 aliphatic rings. The van der Waals surface area contributed by atoms with E-state index in [1.54, 1.807) is 0 Å². The van der Waals surface area contributed by atoms with Crippen molar-refractivity contribution in [3.63, 3.8) is 0 Å². The lowest BCUT2D eigenvalue weighted by atomic mass is 10.1. The van der Waals surface area contributed by atoms with Gasteiger partial charge in [0.15, 0.2) is 0 Å². The highest BCUT2D eigenvalue weighted by Gasteiger charge is 2.22. The molecule has 0 saturated carbocycles. The largest absolute Gasteiger partial charge is 0.103 e. The molecule has 0 aromatic carbocycles. The number of unbranched alkanes of at least 4 members (excludes halogenated alkanes) is 6. The monoisotopic (exact) mass is 240 g/mol. The molecule has 0 heterocycles. The summed E-state index contributed by atoms with van der Waals surface area (Å²) in [6.45, 7) is 13.7. The zero-order chi connectivity index (χ0) is 12.4. The normalized spacial score (nSPS) is 13.8. The Labute approximate surface area is 105 Å². The smallest absolute Gasteiger partial charge is 0.0513 e. The fourth-order valence-corrected chi connectivity index (χ4v) is 4.00. The van der Waals surface area contributed by atoms with Crippen molar-refractivity contribution in [1.82, 2.24) is 0 Å². The highest BCUT2D eigenvalue weighted by molar-refractivity contribution is 6.78. The second-order valence-electron chi connectivity index (χ2n) is 6.12. The zero-order valence-corrected chi connectivity index (χ0v) is 13.0. The Hall–Kier alpha value is -0.0431. The van der Waals surface area contributed by atoms with Gasteiger partial charge in [0, 0.05) is 0 Å². The molecule has 0 aliphatic heterocycles. The van der Waals surface area contributed by atoms with Crippen LogP contribution < -0.4 is 0 Å². The molecule has 1 atom stereocenters. The van der Waals surface area contributed by atoms with Crippen LogP contribution >= 0.6 is 0 Å². The first-order valence-corrected chi connectivity index (χ1v) is 10.7. The molecule has 0 saturated heterocycles. The van der Waals surface area contributed by atoms with Gasteiger partial charge < -0.3 is 0 Å². The van der Waals surface area contributed by atoms with E-state index >= 15 is 0 Å². The second kappa shape index (κ2) is 9.04. The lowest BCUT2D eigenvalue weighted by Gasteiger charge is -2.25. The average molecular weight is 241 g/mol. The minimum absolute atomic E-state index is 0.822. The molecule has 96 valence electrons. The molecule has 0 amide bonds. The van der Waals surface area contributed by atoms with Crippen molar-refractivity contribution >= 4 is 8.07 Å². The van der Waals surface area contributed by atoms with Crippen molar-refractivity contribution in [3.05, 3.63) is 12.7 Å². The van der Waals surface area contributed by atoms with Crippen molar-refractivity contribution < 1.29 is 0 Å². The van der Waals surface area contributed by atoms with Gasteiger partial charge in [0.05, 0.1) is 8.07 Å². The molecule has 1 unspecified atom stereocenters. The van der Waals surface area contributed by atoms with Crippen LogP contribution in [-0.2, 0) is 0 Å². The zero-order valence-electron chi connectivity index (χ0n) is 12.0. The standard InChI is InChI=1S/C15H32Si/c1-6-8-9-10-11-12-13-14-15(7-2)16(3,4)5/h7,15H,2,6,8-14H2,1,3-5H3. The molecule has 16 heavy (non-hydrogen) atoms. The van der Waals surface area contributed by atoms with Gasteiger partial charge in [-0.05, 0) is 12.0 Å². The number of allylic oxidation sites excluding steroid dienone is 1. The highest BCUT2D eigenvalue weighted by Crippen LogP contribution is 2.28. The predicted molar refractivity (Wildman–Crippen MR) is 79.9 cm³/mol. The van der Waals surface area contributed by atoms with Gasteiger partial charge >= 0.3 is 0 Å². The maximum absolute atomic E-state index is 4.00. The molecule has 0 radical (unpaired) electrons. The highest BCUT2D eigenvalue weighted by atomic mass is 28.3. The first kappa shape index (κ1) is 16.0. The van der Waals surface area contributed by atoms with Crippen LogP contribution in [0.15, 0.2) is 12.7 Å². The van der Waals surface area contributed by atoms with Crippen LogP contribution in [0.25, 0.3) is 0 Å². The minimum Gasteiger partial charge on any atom is -0.103 e. The Balaban J connectivity index is 3.46. The van der Waals surface area contributed by atoms with Crippen LogP contribution in [0.1, 0.15) is 58.3 Å². The fraction of sp³-hybridized carbons (Fsp3) is 0.867. The first-order chi connectivity index (χ1) is 7.52. The van der Waals surface area contributed by atoms with Crippen molar-refractivity contribution in [2.24, 2.45) is 0 Å². The summed E-state index contributed by atoms with van der Waals surface area (Å²) in [5, 5.41) is 0. The predicted octanol–water partition coefficient (Wildman–Crippen LogP) is 6.02. The van der Waals surface area contributed by atoms with Crippen molar-refractivity contribution in [3.8, 4) is 0 Å². The van der Waals surface area contributed by atoms with Crippen molar-refractivity contribution in [2.45, 2.75) is 83.5 Å². The van der Waals surface area contributed by atoms with Gasteiger partial charge in [-0.3, -0.25) is 0 Å². The van der Waals surface area contributed by atoms with Gasteiger partial charge in [0.2, 0.25) is 0 Å². The van der Waals surface area contributed by atoms with Crippen LogP contribution in [0.3, 0.4) is 0 Å². The van der Waals surface area contributed by atoms with E-state index in [2.05, 4.69) is 39.2 Å². The Morgan fingerprint density at radius 2 is 1.44 bits per heavy atom. The fourth-order valence-electron chi connectivity index (χ4n) is 2.23. The molecule has 0 fully saturated rings. The third-order valence-electron chi connectivity index (χ3n) is 3.52. The molecule has 0 bridgehead atoms. The van der Waals surface area contributed by atoms with Crippen LogP contribution in [-0.4, -0.2) is 8.07 Å². The molecule has 0 N–H and O–H groups in total. The molecule has 0 aromatic rings. The number of rotatable bonds is 10. The Kier molecular flexibility index (Phi) is 9.01. The number of hydrogen-bond donors (Lipinski definition) is 0. The van der Waals surface area contributed by atoms with E-state index in [1.165, 1.54) is 51.4 Å². The SMILES string of the molecule is C=CC(CCCCCCCCC)[Si](C)(C)C. The summed E-state index contributed by atoms with van der Waals surface area (Å²) in [4.78, 5) is 0. The number of hydrogen-bond acceptors (Lipinski definition) is 0. The summed E-state index contributed by atoms with van der Waals surface area (Å²) < 4.78 is 0. The summed E-state index contributed by atoms with van der Waals surface area (Å²) in [6, 6.07) is 0. The molecule has 0 nitrogen and oxygen atoms in total. The lowest BCUT2D eigenvalue weighted by Crippen LogP contribution is -2.26. The lowest BCUT2D eigenvalue weighted by molar-refractivity contribution is 0.575. The third kappa shape index (κ3) is 8.15. The summed E-state index contributed by atoms with van der Waals surface area (Å²) in [5.74, 6) is 0. The molecule has 0 rings (SSSR count). The van der Waals surface area contributed by atoms with Crippen molar-refractivity contribution in [2.75, 3.05) is 0 Å². The summed E-state index contributed by atoms with van der Waals surface area (Å²) >= 11 is 0. The Bertz CT molecular complexity index is 167. The molecule has 0 aliphatic carbocycles. The topological polar surface area (TPSA) is 0 Å². The van der Waals surface area contributed by atoms with Crippen LogP contribution in [0.4, 0.5) is 0 Å². The Morgan fingerprint density at radius 1 is 0.938 bits per heavy atom. The minimum atomic E-state index is -0.986. The second-order valence-corrected chi connectivity index (χ2v) is 11.6. The van der Waals surface area contributed by atoms with E-state index in [1.807, 2.05) is 0 Å². The average Bonchev–Trinajstić information content (AvgIpc) is 2.20. The summed E-state index contributed by atoms with van der Waals surface area (Å²) in [7, 11) is -0.986.